The molecule has 0 aliphatic heterocycles. The summed E-state index contributed by atoms with van der Waals surface area (Å²) in [6.45, 7) is 7.52. The summed E-state index contributed by atoms with van der Waals surface area (Å²) in [5.41, 5.74) is -0.418. The summed E-state index contributed by atoms with van der Waals surface area (Å²) in [4.78, 5) is 12.9. The first kappa shape index (κ1) is 16.3. The Balaban J connectivity index is 2.27. The normalized spacial score (nSPS) is 25.7. The Morgan fingerprint density at radius 2 is 2.00 bits per heavy atom. The number of quaternary nitrogens is 1. The van der Waals surface area contributed by atoms with E-state index < -0.39 is 5.60 Å². The maximum atomic E-state index is 11.6. The van der Waals surface area contributed by atoms with Crippen LogP contribution in [0.5, 0.6) is 0 Å². The Labute approximate surface area is 117 Å². The van der Waals surface area contributed by atoms with Crippen molar-refractivity contribution in [1.29, 1.82) is 0 Å². The van der Waals surface area contributed by atoms with Gasteiger partial charge in [0, 0.05) is 19.5 Å². The van der Waals surface area contributed by atoms with Gasteiger partial charge in [0.1, 0.15) is 5.60 Å². The lowest BCUT2D eigenvalue weighted by Gasteiger charge is -2.31. The molecule has 1 aliphatic carbocycles. The molecule has 1 unspecified atom stereocenters. The number of carbonyl (C=O) groups is 1. The molecule has 1 rings (SSSR count). The molecule has 0 spiro atoms. The second kappa shape index (κ2) is 7.13. The van der Waals surface area contributed by atoms with Crippen LogP contribution in [-0.2, 0) is 4.74 Å². The Bertz CT molecular complexity index is 284. The summed E-state index contributed by atoms with van der Waals surface area (Å²) in [5.74, 6) is 1.34. The second-order valence-electron chi connectivity index (χ2n) is 6.94. The number of nitrogens with one attached hydrogen (secondary N) is 2. The molecule has 112 valence electrons. The minimum Gasteiger partial charge on any atom is -0.470 e. The highest BCUT2D eigenvalue weighted by molar-refractivity contribution is 5.67. The van der Waals surface area contributed by atoms with Crippen LogP contribution >= 0.6 is 0 Å². The molecule has 19 heavy (non-hydrogen) atoms. The van der Waals surface area contributed by atoms with Crippen molar-refractivity contribution in [2.45, 2.75) is 52.1 Å². The molecule has 4 heteroatoms. The van der Waals surface area contributed by atoms with Crippen LogP contribution in [0.3, 0.4) is 0 Å². The fourth-order valence-electron chi connectivity index (χ4n) is 2.81. The fraction of sp³-hybridized carbons (Fsp3) is 0.867. The van der Waals surface area contributed by atoms with Gasteiger partial charge in [-0.05, 0) is 46.0 Å². The van der Waals surface area contributed by atoms with Crippen molar-refractivity contribution in [2.75, 3.05) is 20.1 Å². The molecule has 0 bridgehead atoms. The molecule has 2 N–H and O–H groups in total. The molecule has 3 atom stereocenters. The van der Waals surface area contributed by atoms with Crippen LogP contribution in [0.1, 0.15) is 46.5 Å². The molecule has 0 heterocycles. The van der Waals surface area contributed by atoms with E-state index in [0.29, 0.717) is 5.92 Å². The molecular formula is C15H30N2O2. The molecule has 0 aromatic carbocycles. The van der Waals surface area contributed by atoms with Crippen molar-refractivity contribution in [3.8, 4) is 0 Å². The number of hydrogen-bond donors (Lipinski definition) is 2. The van der Waals surface area contributed by atoms with E-state index in [-0.39, 0.29) is 6.09 Å². The van der Waals surface area contributed by atoms with Gasteiger partial charge in [-0.3, -0.25) is 0 Å². The van der Waals surface area contributed by atoms with Gasteiger partial charge in [0.2, 0.25) is 0 Å². The maximum Gasteiger partial charge on any atom is 0.407 e. The van der Waals surface area contributed by atoms with Crippen LogP contribution in [0.25, 0.3) is 0 Å². The summed E-state index contributed by atoms with van der Waals surface area (Å²) in [6.07, 6.45) is 4.68. The third-order valence-electron chi connectivity index (χ3n) is 3.46. The fourth-order valence-corrected chi connectivity index (χ4v) is 2.81. The summed E-state index contributed by atoms with van der Waals surface area (Å²) < 4.78 is 5.26. The third-order valence-corrected chi connectivity index (χ3v) is 3.46. The van der Waals surface area contributed by atoms with Crippen LogP contribution in [0.15, 0.2) is 0 Å². The first-order valence-corrected chi connectivity index (χ1v) is 7.37. The summed E-state index contributed by atoms with van der Waals surface area (Å²) in [7, 11) is 6.10. The zero-order valence-corrected chi connectivity index (χ0v) is 12.9. The van der Waals surface area contributed by atoms with Gasteiger partial charge in [0.15, 0.2) is 0 Å². The largest absolute Gasteiger partial charge is 0.470 e. The highest BCUT2D eigenvalue weighted by Gasteiger charge is 2.24. The first-order chi connectivity index (χ1) is 8.76. The van der Waals surface area contributed by atoms with Gasteiger partial charge in [0.05, 0.1) is 6.54 Å². The Morgan fingerprint density at radius 3 is 2.58 bits per heavy atom. The molecule has 1 saturated carbocycles. The van der Waals surface area contributed by atoms with Crippen LogP contribution < -0.4 is 10.2 Å². The molecule has 0 saturated heterocycles. The van der Waals surface area contributed by atoms with E-state index >= 15 is 0 Å². The van der Waals surface area contributed by atoms with E-state index in [0.717, 1.165) is 19.0 Å². The van der Waals surface area contributed by atoms with Crippen LogP contribution in [0.2, 0.25) is 0 Å². The van der Waals surface area contributed by atoms with Crippen molar-refractivity contribution in [3.05, 3.63) is 7.05 Å². The van der Waals surface area contributed by atoms with Gasteiger partial charge in [-0.2, -0.15) is 7.05 Å². The first-order valence-electron chi connectivity index (χ1n) is 7.37. The molecule has 0 radical (unpaired) electrons. The lowest BCUT2D eigenvalue weighted by atomic mass is 9.81. The van der Waals surface area contributed by atoms with Gasteiger partial charge >= 0.3 is 6.09 Å². The monoisotopic (exact) mass is 270 g/mol. The van der Waals surface area contributed by atoms with Crippen molar-refractivity contribution < 1.29 is 14.4 Å². The Hall–Kier alpha value is -0.770. The van der Waals surface area contributed by atoms with E-state index in [9.17, 15) is 4.79 Å². The van der Waals surface area contributed by atoms with Crippen molar-refractivity contribution in [1.82, 2.24) is 5.32 Å². The topological polar surface area (TPSA) is 42.8 Å². The van der Waals surface area contributed by atoms with Crippen LogP contribution in [0, 0.1) is 18.9 Å². The molecule has 4 nitrogen and oxygen atoms in total. The van der Waals surface area contributed by atoms with Gasteiger partial charge in [0.25, 0.3) is 0 Å². The number of carbonyl (C=O) groups excluding carboxylic acids is 1. The SMILES string of the molecule is [CH2-][NH+](C)C[C@@H]1CCC[C@H](CNC(=O)OC(C)(C)C)C1. The quantitative estimate of drug-likeness (QED) is 0.762. The van der Waals surface area contributed by atoms with E-state index in [1.807, 2.05) is 20.8 Å². The van der Waals surface area contributed by atoms with Crippen LogP contribution in [0.4, 0.5) is 4.79 Å². The number of alkyl carbamates (subject to hydrolysis) is 1. The summed E-state index contributed by atoms with van der Waals surface area (Å²) in [5, 5.41) is 2.90. The lowest BCUT2D eigenvalue weighted by Crippen LogP contribution is -3.04. The highest BCUT2D eigenvalue weighted by atomic mass is 16.6. The number of hydrogen-bond acceptors (Lipinski definition) is 2. The number of amides is 1. The summed E-state index contributed by atoms with van der Waals surface area (Å²) in [6, 6.07) is 0. The molecule has 1 aliphatic rings. The molecule has 1 fully saturated rings. The van der Waals surface area contributed by atoms with Gasteiger partial charge in [-0.25, -0.2) is 4.79 Å². The van der Waals surface area contributed by atoms with E-state index in [1.165, 1.54) is 30.6 Å². The van der Waals surface area contributed by atoms with E-state index in [2.05, 4.69) is 19.4 Å². The second-order valence-corrected chi connectivity index (χ2v) is 6.94. The van der Waals surface area contributed by atoms with Gasteiger partial charge < -0.3 is 15.0 Å². The highest BCUT2D eigenvalue weighted by Crippen LogP contribution is 2.27. The Morgan fingerprint density at radius 1 is 1.37 bits per heavy atom. The summed E-state index contributed by atoms with van der Waals surface area (Å²) >= 11 is 0. The van der Waals surface area contributed by atoms with E-state index in [4.69, 9.17) is 4.74 Å². The molecule has 0 aromatic rings. The average molecular weight is 270 g/mol. The van der Waals surface area contributed by atoms with Gasteiger partial charge in [-0.1, -0.05) is 6.42 Å². The zero-order valence-electron chi connectivity index (χ0n) is 12.9. The smallest absolute Gasteiger partial charge is 0.407 e. The third kappa shape index (κ3) is 7.41. The average Bonchev–Trinajstić information content (AvgIpc) is 2.23. The Kier molecular flexibility index (Phi) is 6.11. The van der Waals surface area contributed by atoms with Crippen molar-refractivity contribution in [2.24, 2.45) is 11.8 Å². The van der Waals surface area contributed by atoms with Crippen molar-refractivity contribution >= 4 is 6.09 Å². The molecule has 0 aromatic heterocycles. The predicted molar refractivity (Wildman–Crippen MR) is 76.8 cm³/mol. The standard InChI is InChI=1S/C15H30N2O2/c1-15(2,3)19-14(18)16-10-12-7-6-8-13(9-12)11-17(4)5/h12-13,17H,4,6-11H2,1-3,5H3,(H,16,18)/t12-,13+/m0/s1. The minimum atomic E-state index is -0.418. The minimum absolute atomic E-state index is 0.297. The van der Waals surface area contributed by atoms with Gasteiger partial charge in [-0.15, -0.1) is 0 Å². The number of rotatable bonds is 4. The lowest BCUT2D eigenvalue weighted by molar-refractivity contribution is -0.836. The maximum absolute atomic E-state index is 11.6. The van der Waals surface area contributed by atoms with Crippen molar-refractivity contribution in [3.63, 3.8) is 0 Å². The van der Waals surface area contributed by atoms with E-state index in [1.54, 1.807) is 0 Å². The predicted octanol–water partition coefficient (Wildman–Crippen LogP) is 1.62. The molecular weight excluding hydrogens is 240 g/mol. The molecule has 1 amide bonds. The number of ether oxygens (including phenoxy) is 1. The van der Waals surface area contributed by atoms with Crippen LogP contribution in [-0.4, -0.2) is 31.8 Å². The zero-order chi connectivity index (χ0) is 14.5.